The minimum Gasteiger partial charge on any atom is -0.278 e. The van der Waals surface area contributed by atoms with E-state index in [0.29, 0.717) is 17.6 Å². The molecule has 0 fully saturated rings. The van der Waals surface area contributed by atoms with Gasteiger partial charge in [-0.25, -0.2) is 9.97 Å². The normalized spacial score (nSPS) is 11.5. The molecule has 3 aromatic heterocycles. The van der Waals surface area contributed by atoms with Crippen molar-refractivity contribution in [3.05, 3.63) is 152 Å². The fourth-order valence-corrected chi connectivity index (χ4v) is 7.13. The Morgan fingerprint density at radius 1 is 0.413 bits per heavy atom. The fourth-order valence-electron chi connectivity index (χ4n) is 6.13. The monoisotopic (exact) mass is 607 g/mol. The summed E-state index contributed by atoms with van der Waals surface area (Å²) in [5.74, 6) is 1.77. The molecule has 0 amide bonds. The summed E-state index contributed by atoms with van der Waals surface area (Å²) in [5.41, 5.74) is 8.17. The molecule has 5 nitrogen and oxygen atoms in total. The van der Waals surface area contributed by atoms with Crippen LogP contribution in [0.3, 0.4) is 0 Å². The van der Waals surface area contributed by atoms with E-state index in [1.807, 2.05) is 24.3 Å². The number of aromatic nitrogens is 5. The maximum absolute atomic E-state index is 5.17. The first kappa shape index (κ1) is 26.4. The van der Waals surface area contributed by atoms with E-state index in [0.717, 1.165) is 59.3 Å². The molecular weight excluding hydrogens is 583 g/mol. The van der Waals surface area contributed by atoms with Crippen molar-refractivity contribution in [2.75, 3.05) is 0 Å². The van der Waals surface area contributed by atoms with Gasteiger partial charge in [-0.05, 0) is 35.4 Å². The minimum absolute atomic E-state index is 0.569. The van der Waals surface area contributed by atoms with Crippen LogP contribution in [0.1, 0.15) is 0 Å². The molecule has 0 unspecified atom stereocenters. The summed E-state index contributed by atoms with van der Waals surface area (Å²) in [4.78, 5) is 20.5. The predicted molar refractivity (Wildman–Crippen MR) is 189 cm³/mol. The van der Waals surface area contributed by atoms with Gasteiger partial charge in [-0.15, -0.1) is 11.3 Å². The Hall–Kier alpha value is -5.98. The SMILES string of the molecule is c1ccc(-c2ccc(-c3nc(-c4cccc5sc(-c6ccccc6)nc45)nc(-n4c5ccccc5c5ccccc54)n3)cc2)cc1. The third-order valence-electron chi connectivity index (χ3n) is 8.33. The quantitative estimate of drug-likeness (QED) is 0.195. The first-order valence-corrected chi connectivity index (χ1v) is 16.0. The molecule has 0 radical (unpaired) electrons. The van der Waals surface area contributed by atoms with Crippen molar-refractivity contribution in [1.29, 1.82) is 0 Å². The van der Waals surface area contributed by atoms with Crippen molar-refractivity contribution >= 4 is 43.4 Å². The minimum atomic E-state index is 0.569. The third kappa shape index (κ3) is 4.47. The number of hydrogen-bond donors (Lipinski definition) is 0. The Kier molecular flexibility index (Phi) is 6.25. The third-order valence-corrected chi connectivity index (χ3v) is 9.40. The van der Waals surface area contributed by atoms with Crippen LogP contribution in [0.2, 0.25) is 0 Å². The lowest BCUT2D eigenvalue weighted by molar-refractivity contribution is 0.954. The van der Waals surface area contributed by atoms with Gasteiger partial charge in [-0.1, -0.05) is 127 Å². The molecule has 0 spiro atoms. The summed E-state index contributed by atoms with van der Waals surface area (Å²) in [7, 11) is 0. The number of para-hydroxylation sites is 3. The largest absolute Gasteiger partial charge is 0.278 e. The molecule has 0 aliphatic carbocycles. The average Bonchev–Trinajstić information content (AvgIpc) is 3.72. The van der Waals surface area contributed by atoms with E-state index in [-0.39, 0.29) is 0 Å². The smallest absolute Gasteiger partial charge is 0.238 e. The first-order valence-electron chi connectivity index (χ1n) is 15.2. The molecule has 0 saturated heterocycles. The molecule has 6 heteroatoms. The second-order valence-corrected chi connectivity index (χ2v) is 12.2. The second-order valence-electron chi connectivity index (χ2n) is 11.1. The molecule has 9 aromatic rings. The Morgan fingerprint density at radius 3 is 1.67 bits per heavy atom. The highest BCUT2D eigenvalue weighted by Crippen LogP contribution is 2.37. The Morgan fingerprint density at radius 2 is 0.978 bits per heavy atom. The fraction of sp³-hybridized carbons (Fsp3) is 0. The van der Waals surface area contributed by atoms with Crippen LogP contribution in [0, 0.1) is 0 Å². The summed E-state index contributed by atoms with van der Waals surface area (Å²) in [5, 5.41) is 3.28. The van der Waals surface area contributed by atoms with Crippen molar-refractivity contribution in [2.45, 2.75) is 0 Å². The first-order chi connectivity index (χ1) is 22.8. The van der Waals surface area contributed by atoms with E-state index in [4.69, 9.17) is 19.9 Å². The van der Waals surface area contributed by atoms with Crippen molar-refractivity contribution in [3.8, 4) is 50.4 Å². The maximum Gasteiger partial charge on any atom is 0.238 e. The lowest BCUT2D eigenvalue weighted by atomic mass is 10.0. The molecule has 0 bridgehead atoms. The molecule has 3 heterocycles. The van der Waals surface area contributed by atoms with Gasteiger partial charge < -0.3 is 0 Å². The molecule has 0 aliphatic rings. The second kappa shape index (κ2) is 10.9. The highest BCUT2D eigenvalue weighted by atomic mass is 32.1. The summed E-state index contributed by atoms with van der Waals surface area (Å²) in [6.07, 6.45) is 0. The molecule has 9 rings (SSSR count). The molecule has 0 aliphatic heterocycles. The van der Waals surface area contributed by atoms with E-state index >= 15 is 0 Å². The van der Waals surface area contributed by atoms with Crippen LogP contribution >= 0.6 is 11.3 Å². The van der Waals surface area contributed by atoms with Crippen molar-refractivity contribution < 1.29 is 0 Å². The summed E-state index contributed by atoms with van der Waals surface area (Å²) >= 11 is 1.68. The summed E-state index contributed by atoms with van der Waals surface area (Å²) in [6.45, 7) is 0. The summed E-state index contributed by atoms with van der Waals surface area (Å²) in [6, 6.07) is 52.2. The van der Waals surface area contributed by atoms with Crippen LogP contribution in [0.25, 0.3) is 82.4 Å². The molecule has 0 N–H and O–H groups in total. The molecule has 6 aromatic carbocycles. The van der Waals surface area contributed by atoms with Gasteiger partial charge in [0.1, 0.15) is 5.01 Å². The van der Waals surface area contributed by atoms with Gasteiger partial charge in [0.25, 0.3) is 0 Å². The van der Waals surface area contributed by atoms with E-state index in [9.17, 15) is 0 Å². The van der Waals surface area contributed by atoms with Crippen LogP contribution in [-0.2, 0) is 0 Å². The van der Waals surface area contributed by atoms with Crippen LogP contribution in [0.5, 0.6) is 0 Å². The van der Waals surface area contributed by atoms with E-state index in [1.165, 1.54) is 5.56 Å². The van der Waals surface area contributed by atoms with Gasteiger partial charge in [-0.3, -0.25) is 4.57 Å². The zero-order valence-corrected chi connectivity index (χ0v) is 25.4. The van der Waals surface area contributed by atoms with Gasteiger partial charge in [0.05, 0.1) is 21.3 Å². The van der Waals surface area contributed by atoms with Gasteiger partial charge >= 0.3 is 0 Å². The molecule has 0 saturated carbocycles. The van der Waals surface area contributed by atoms with Crippen LogP contribution < -0.4 is 0 Å². The molecule has 0 atom stereocenters. The standard InChI is InChI=1S/C40H25N5S/c1-3-12-26(13-4-1)27-22-24-28(25-23-27)37-42-38(32-18-11-21-35-36(32)41-39(46-35)29-14-5-2-6-15-29)44-40(43-37)45-33-19-9-7-16-30(33)31-17-8-10-20-34(31)45/h1-25H. The van der Waals surface area contributed by atoms with Gasteiger partial charge in [0.15, 0.2) is 11.6 Å². The van der Waals surface area contributed by atoms with Gasteiger partial charge in [0.2, 0.25) is 5.95 Å². The number of benzene rings is 6. The Labute approximate surface area is 269 Å². The average molecular weight is 608 g/mol. The number of fused-ring (bicyclic) bond motifs is 4. The lowest BCUT2D eigenvalue weighted by Gasteiger charge is -2.11. The zero-order valence-electron chi connectivity index (χ0n) is 24.6. The highest BCUT2D eigenvalue weighted by Gasteiger charge is 2.20. The number of rotatable bonds is 5. The van der Waals surface area contributed by atoms with Crippen LogP contribution in [0.15, 0.2) is 152 Å². The van der Waals surface area contributed by atoms with E-state index in [1.54, 1.807) is 11.3 Å². The summed E-state index contributed by atoms with van der Waals surface area (Å²) < 4.78 is 3.23. The topological polar surface area (TPSA) is 56.5 Å². The molecular formula is C40H25N5S. The molecule has 46 heavy (non-hydrogen) atoms. The van der Waals surface area contributed by atoms with Crippen molar-refractivity contribution in [2.24, 2.45) is 0 Å². The molecule has 216 valence electrons. The highest BCUT2D eigenvalue weighted by molar-refractivity contribution is 7.21. The lowest BCUT2D eigenvalue weighted by Crippen LogP contribution is -2.06. The van der Waals surface area contributed by atoms with Crippen LogP contribution in [-0.4, -0.2) is 24.5 Å². The van der Waals surface area contributed by atoms with E-state index < -0.39 is 0 Å². The van der Waals surface area contributed by atoms with Crippen molar-refractivity contribution in [1.82, 2.24) is 24.5 Å². The Balaban J connectivity index is 1.28. The van der Waals surface area contributed by atoms with Gasteiger partial charge in [0, 0.05) is 27.5 Å². The number of nitrogens with zero attached hydrogens (tertiary/aromatic N) is 5. The number of hydrogen-bond acceptors (Lipinski definition) is 5. The predicted octanol–water partition coefficient (Wildman–Crippen LogP) is 10.2. The Bertz CT molecular complexity index is 2460. The zero-order chi connectivity index (χ0) is 30.5. The van der Waals surface area contributed by atoms with Crippen LogP contribution in [0.4, 0.5) is 0 Å². The van der Waals surface area contributed by atoms with Crippen molar-refractivity contribution in [3.63, 3.8) is 0 Å². The van der Waals surface area contributed by atoms with E-state index in [2.05, 4.69) is 132 Å². The maximum atomic E-state index is 5.17. The number of thiazole rings is 1. The van der Waals surface area contributed by atoms with Gasteiger partial charge in [-0.2, -0.15) is 9.97 Å².